The Labute approximate surface area is 162 Å². The van der Waals surface area contributed by atoms with Crippen LogP contribution in [0.5, 0.6) is 0 Å². The van der Waals surface area contributed by atoms with Crippen molar-refractivity contribution >= 4 is 39.2 Å². The van der Waals surface area contributed by atoms with Crippen molar-refractivity contribution in [1.82, 2.24) is 14.7 Å². The largest absolute Gasteiger partial charge is 0.384 e. The molecule has 0 aromatic carbocycles. The number of rotatable bonds is 4. The van der Waals surface area contributed by atoms with Gasteiger partial charge in [0, 0.05) is 12.1 Å². The zero-order valence-electron chi connectivity index (χ0n) is 14.9. The topological polar surface area (TPSA) is 118 Å². The first-order valence-electron chi connectivity index (χ1n) is 8.34. The number of nitrogens with one attached hydrogen (secondary N) is 1. The zero-order valence-corrected chi connectivity index (χ0v) is 16.5. The molecule has 0 spiro atoms. The molecule has 1 aliphatic rings. The Morgan fingerprint density at radius 1 is 1.26 bits per heavy atom. The maximum atomic E-state index is 12.8. The average molecular weight is 410 g/mol. The van der Waals surface area contributed by atoms with Gasteiger partial charge in [0.05, 0.1) is 5.56 Å². The van der Waals surface area contributed by atoms with E-state index in [1.165, 1.54) is 30.3 Å². The molecular formula is C17H20ClN5O3S. The van der Waals surface area contributed by atoms with Crippen LogP contribution in [0.4, 0.5) is 11.6 Å². The first-order valence-corrected chi connectivity index (χ1v) is 10.2. The minimum absolute atomic E-state index is 0.0398. The van der Waals surface area contributed by atoms with E-state index >= 15 is 0 Å². The number of aromatic nitrogens is 2. The van der Waals surface area contributed by atoms with Gasteiger partial charge in [0.2, 0.25) is 0 Å². The van der Waals surface area contributed by atoms with Crippen LogP contribution in [0.3, 0.4) is 0 Å². The van der Waals surface area contributed by atoms with Gasteiger partial charge in [-0.25, -0.2) is 14.7 Å². The quantitative estimate of drug-likeness (QED) is 0.743. The van der Waals surface area contributed by atoms with Crippen LogP contribution < -0.4 is 15.4 Å². The molecule has 0 atom stereocenters. The summed E-state index contributed by atoms with van der Waals surface area (Å²) in [6, 6.07) is 7.09. The number of hydrogen-bond donors (Lipinski definition) is 2. The Kier molecular flexibility index (Phi) is 5.00. The van der Waals surface area contributed by atoms with E-state index in [0.29, 0.717) is 12.4 Å². The number of nitrogen functional groups attached to an aromatic ring is 1. The minimum Gasteiger partial charge on any atom is -0.384 e. The summed E-state index contributed by atoms with van der Waals surface area (Å²) in [5.41, 5.74) is 5.44. The highest BCUT2D eigenvalue weighted by Gasteiger charge is 2.35. The molecule has 3 heterocycles. The first kappa shape index (κ1) is 19.4. The molecule has 144 valence electrons. The van der Waals surface area contributed by atoms with Crippen LogP contribution in [0.25, 0.3) is 0 Å². The van der Waals surface area contributed by atoms with Crippen molar-refractivity contribution in [3.05, 3.63) is 41.0 Å². The number of carbonyl (C=O) groups excluding carboxylic acids is 1. The molecule has 3 rings (SSSR count). The third-order valence-corrected chi connectivity index (χ3v) is 5.93. The molecule has 8 nitrogen and oxygen atoms in total. The molecule has 27 heavy (non-hydrogen) atoms. The van der Waals surface area contributed by atoms with Crippen LogP contribution in [0.2, 0.25) is 5.15 Å². The first-order chi connectivity index (χ1) is 12.6. The Balaban J connectivity index is 1.96. The Morgan fingerprint density at radius 3 is 2.63 bits per heavy atom. The summed E-state index contributed by atoms with van der Waals surface area (Å²) >= 11 is 6.03. The van der Waals surface area contributed by atoms with Crippen LogP contribution >= 0.6 is 11.6 Å². The summed E-state index contributed by atoms with van der Waals surface area (Å²) in [5, 5.41) is -0.106. The number of pyridine rings is 2. The summed E-state index contributed by atoms with van der Waals surface area (Å²) in [6.07, 6.45) is 1.86. The summed E-state index contributed by atoms with van der Waals surface area (Å²) in [5.74, 6) is -0.405. The molecule has 10 heteroatoms. The highest BCUT2D eigenvalue weighted by atomic mass is 35.5. The second kappa shape index (κ2) is 6.97. The van der Waals surface area contributed by atoms with Crippen molar-refractivity contribution in [3.8, 4) is 0 Å². The summed E-state index contributed by atoms with van der Waals surface area (Å²) in [4.78, 5) is 22.8. The highest BCUT2D eigenvalue weighted by molar-refractivity contribution is 7.90. The van der Waals surface area contributed by atoms with Crippen molar-refractivity contribution in [2.45, 2.75) is 37.3 Å². The number of sulfonamides is 1. The summed E-state index contributed by atoms with van der Waals surface area (Å²) < 4.78 is 27.0. The zero-order chi connectivity index (χ0) is 19.8. The number of halogens is 1. The highest BCUT2D eigenvalue weighted by Crippen LogP contribution is 2.35. The van der Waals surface area contributed by atoms with Crippen molar-refractivity contribution < 1.29 is 13.2 Å². The molecule has 0 radical (unpaired) electrons. The second-order valence-electron chi connectivity index (χ2n) is 6.91. The van der Waals surface area contributed by atoms with Crippen LogP contribution in [-0.4, -0.2) is 36.4 Å². The maximum Gasteiger partial charge on any atom is 0.281 e. The van der Waals surface area contributed by atoms with Crippen LogP contribution in [0, 0.1) is 0 Å². The lowest BCUT2D eigenvalue weighted by molar-refractivity contribution is 0.0981. The number of nitrogens with two attached hydrogens (primary N) is 1. The molecule has 1 fully saturated rings. The monoisotopic (exact) mass is 409 g/mol. The van der Waals surface area contributed by atoms with Gasteiger partial charge in [0.25, 0.3) is 15.9 Å². The van der Waals surface area contributed by atoms with E-state index in [0.717, 1.165) is 12.8 Å². The van der Waals surface area contributed by atoms with Gasteiger partial charge in [-0.2, -0.15) is 8.42 Å². The van der Waals surface area contributed by atoms with E-state index in [-0.39, 0.29) is 27.1 Å². The predicted molar refractivity (Wildman–Crippen MR) is 103 cm³/mol. The fraction of sp³-hybridized carbons (Fsp3) is 0.353. The number of hydrogen-bond acceptors (Lipinski definition) is 7. The molecule has 0 saturated carbocycles. The lowest BCUT2D eigenvalue weighted by atomic mass is 10.0. The van der Waals surface area contributed by atoms with Gasteiger partial charge >= 0.3 is 0 Å². The molecule has 2 aromatic rings. The predicted octanol–water partition coefficient (Wildman–Crippen LogP) is 2.21. The lowest BCUT2D eigenvalue weighted by Crippen LogP contribution is -2.41. The van der Waals surface area contributed by atoms with Gasteiger partial charge in [-0.05, 0) is 51.0 Å². The molecule has 1 amide bonds. The average Bonchev–Trinajstić information content (AvgIpc) is 2.93. The Bertz CT molecular complexity index is 994. The van der Waals surface area contributed by atoms with Crippen LogP contribution in [-0.2, 0) is 10.0 Å². The van der Waals surface area contributed by atoms with Crippen LogP contribution in [0.15, 0.2) is 35.4 Å². The van der Waals surface area contributed by atoms with Gasteiger partial charge in [0.1, 0.15) is 16.8 Å². The molecule has 2 aromatic heterocycles. The van der Waals surface area contributed by atoms with Crippen LogP contribution in [0.1, 0.15) is 37.0 Å². The number of nitrogens with zero attached hydrogens (tertiary/aromatic N) is 3. The molecule has 3 N–H and O–H groups in total. The smallest absolute Gasteiger partial charge is 0.281 e. The fourth-order valence-corrected chi connectivity index (χ4v) is 4.20. The summed E-state index contributed by atoms with van der Waals surface area (Å²) in [6.45, 7) is 4.78. The normalized spacial score (nSPS) is 16.3. The SMILES string of the molecule is CC1(C)CCCN1c1nc(Cl)ccc1C(=O)NS(=O)(=O)c1cccc(N)n1. The third kappa shape index (κ3) is 3.98. The van der Waals surface area contributed by atoms with Crippen molar-refractivity contribution in [2.75, 3.05) is 17.2 Å². The van der Waals surface area contributed by atoms with Gasteiger partial charge in [-0.3, -0.25) is 4.79 Å². The number of amides is 1. The third-order valence-electron chi connectivity index (χ3n) is 4.49. The van der Waals surface area contributed by atoms with E-state index in [4.69, 9.17) is 17.3 Å². The standard InChI is InChI=1S/C17H20ClN5O3S/c1-17(2)9-4-10-23(17)15-11(7-8-12(18)20-15)16(24)22-27(25,26)14-6-3-5-13(19)21-14/h3,5-8H,4,9-10H2,1-2H3,(H2,19,21)(H,22,24). The molecule has 0 aliphatic carbocycles. The van der Waals surface area contributed by atoms with E-state index < -0.39 is 15.9 Å². The molecule has 1 saturated heterocycles. The molecule has 0 bridgehead atoms. The summed E-state index contributed by atoms with van der Waals surface area (Å²) in [7, 11) is -4.18. The fourth-order valence-electron chi connectivity index (χ4n) is 3.12. The van der Waals surface area contributed by atoms with E-state index in [1.54, 1.807) is 0 Å². The molecular weight excluding hydrogens is 390 g/mol. The van der Waals surface area contributed by atoms with E-state index in [1.807, 2.05) is 23.5 Å². The Hall–Kier alpha value is -2.39. The minimum atomic E-state index is -4.18. The lowest BCUT2D eigenvalue weighted by Gasteiger charge is -2.33. The number of carbonyl (C=O) groups is 1. The maximum absolute atomic E-state index is 12.8. The van der Waals surface area contributed by atoms with Crippen molar-refractivity contribution in [3.63, 3.8) is 0 Å². The van der Waals surface area contributed by atoms with Gasteiger partial charge in [0.15, 0.2) is 5.03 Å². The van der Waals surface area contributed by atoms with E-state index in [2.05, 4.69) is 9.97 Å². The van der Waals surface area contributed by atoms with Crippen molar-refractivity contribution in [1.29, 1.82) is 0 Å². The van der Waals surface area contributed by atoms with Gasteiger partial charge < -0.3 is 10.6 Å². The van der Waals surface area contributed by atoms with E-state index in [9.17, 15) is 13.2 Å². The molecule has 0 unspecified atom stereocenters. The second-order valence-corrected chi connectivity index (χ2v) is 8.92. The van der Waals surface area contributed by atoms with Gasteiger partial charge in [-0.15, -0.1) is 0 Å². The number of anilines is 2. The molecule has 1 aliphatic heterocycles. The van der Waals surface area contributed by atoms with Crippen molar-refractivity contribution in [2.24, 2.45) is 0 Å². The Morgan fingerprint density at radius 2 is 2.00 bits per heavy atom. The van der Waals surface area contributed by atoms with Gasteiger partial charge in [-0.1, -0.05) is 17.7 Å².